The fourth-order valence-corrected chi connectivity index (χ4v) is 3.31. The summed E-state index contributed by atoms with van der Waals surface area (Å²) in [5.74, 6) is 0. The van der Waals surface area contributed by atoms with Gasteiger partial charge in [0.25, 0.3) is 0 Å². The second-order valence-corrected chi connectivity index (χ2v) is 6.83. The smallest absolute Gasteiger partial charge is 0.116 e. The monoisotopic (exact) mass is 360 g/mol. The van der Waals surface area contributed by atoms with Crippen LogP contribution in [0.1, 0.15) is 17.8 Å². The molecule has 3 rings (SSSR count). The zero-order valence-electron chi connectivity index (χ0n) is 11.7. The van der Waals surface area contributed by atoms with Crippen LogP contribution in [0.25, 0.3) is 17.3 Å². The average molecular weight is 361 g/mol. The van der Waals surface area contributed by atoms with Gasteiger partial charge in [0.2, 0.25) is 0 Å². The second-order valence-electron chi connectivity index (χ2n) is 5.02. The summed E-state index contributed by atoms with van der Waals surface area (Å²) in [7, 11) is 0. The molecule has 0 atom stereocenters. The van der Waals surface area contributed by atoms with Crippen LogP contribution in [0.4, 0.5) is 0 Å². The minimum absolute atomic E-state index is 1.04. The first-order valence-corrected chi connectivity index (χ1v) is 8.79. The molecule has 2 aromatic rings. The molecule has 0 radical (unpaired) electrons. The molecule has 1 aromatic heterocycles. The molecular weight excluding hydrogens is 344 g/mol. The second kappa shape index (κ2) is 7.05. The molecule has 4 heteroatoms. The van der Waals surface area contributed by atoms with Crippen molar-refractivity contribution in [3.63, 3.8) is 0 Å². The van der Waals surface area contributed by atoms with E-state index in [4.69, 9.17) is 0 Å². The Hall–Kier alpha value is -1.39. The van der Waals surface area contributed by atoms with Crippen LogP contribution < -0.4 is 0 Å². The largest absolute Gasteiger partial charge is 0.377 e. The molecule has 0 unspecified atom stereocenters. The highest BCUT2D eigenvalue weighted by atomic mass is 79.9. The summed E-state index contributed by atoms with van der Waals surface area (Å²) in [6.07, 6.45) is 11.1. The Bertz CT molecular complexity index is 637. The number of benzene rings is 1. The van der Waals surface area contributed by atoms with E-state index in [2.05, 4.69) is 67.8 Å². The maximum Gasteiger partial charge on any atom is 0.116 e. The Morgan fingerprint density at radius 2 is 1.86 bits per heavy atom. The van der Waals surface area contributed by atoms with Gasteiger partial charge in [-0.3, -0.25) is 0 Å². The Balaban J connectivity index is 1.63. The predicted octanol–water partition coefficient (Wildman–Crippen LogP) is 5.20. The molecule has 2 nitrogen and oxygen atoms in total. The van der Waals surface area contributed by atoms with Gasteiger partial charge < -0.3 is 4.90 Å². The Labute approximate surface area is 138 Å². The summed E-state index contributed by atoms with van der Waals surface area (Å²) in [4.78, 5) is 7.01. The highest BCUT2D eigenvalue weighted by molar-refractivity contribution is 9.10. The lowest BCUT2D eigenvalue weighted by molar-refractivity contribution is 0.468. The quantitative estimate of drug-likeness (QED) is 0.697. The normalized spacial score (nSPS) is 15.6. The van der Waals surface area contributed by atoms with Crippen molar-refractivity contribution in [1.82, 2.24) is 9.88 Å². The summed E-state index contributed by atoms with van der Waals surface area (Å²) in [5, 5.41) is 3.14. The van der Waals surface area contributed by atoms with Gasteiger partial charge in [-0.15, -0.1) is 11.3 Å². The fourth-order valence-electron chi connectivity index (χ4n) is 2.32. The van der Waals surface area contributed by atoms with Gasteiger partial charge in [0.05, 0.1) is 5.69 Å². The first-order chi connectivity index (χ1) is 10.3. The number of halogens is 1. The van der Waals surface area contributed by atoms with Gasteiger partial charge in [0.1, 0.15) is 5.01 Å². The molecule has 0 amide bonds. The van der Waals surface area contributed by atoms with Crippen molar-refractivity contribution in [1.29, 1.82) is 0 Å². The molecule has 0 saturated carbocycles. The van der Waals surface area contributed by atoms with Gasteiger partial charge in [-0.25, -0.2) is 4.98 Å². The first-order valence-electron chi connectivity index (χ1n) is 7.12. The van der Waals surface area contributed by atoms with Crippen molar-refractivity contribution in [2.45, 2.75) is 12.8 Å². The molecule has 0 N–H and O–H groups in total. The maximum atomic E-state index is 4.65. The van der Waals surface area contributed by atoms with Gasteiger partial charge in [0.15, 0.2) is 0 Å². The van der Waals surface area contributed by atoms with E-state index in [0.29, 0.717) is 0 Å². The van der Waals surface area contributed by atoms with E-state index in [-0.39, 0.29) is 0 Å². The molecule has 0 bridgehead atoms. The third kappa shape index (κ3) is 4.05. The molecule has 1 aliphatic rings. The molecule has 1 aromatic carbocycles. The molecule has 21 heavy (non-hydrogen) atoms. The molecule has 1 aliphatic heterocycles. The SMILES string of the molecule is Brc1ccc(-c2csc(/C=C/C=C/N3CCCC3)n2)cc1. The lowest BCUT2D eigenvalue weighted by Gasteiger charge is -2.08. The van der Waals surface area contributed by atoms with Crippen LogP contribution in [0.2, 0.25) is 0 Å². The summed E-state index contributed by atoms with van der Waals surface area (Å²) < 4.78 is 1.09. The highest BCUT2D eigenvalue weighted by Crippen LogP contribution is 2.24. The number of allylic oxidation sites excluding steroid dienone is 2. The third-order valence-corrected chi connectivity index (χ3v) is 4.79. The number of hydrogen-bond acceptors (Lipinski definition) is 3. The maximum absolute atomic E-state index is 4.65. The number of nitrogens with zero attached hydrogens (tertiary/aromatic N) is 2. The topological polar surface area (TPSA) is 16.1 Å². The molecule has 2 heterocycles. The minimum Gasteiger partial charge on any atom is -0.377 e. The lowest BCUT2D eigenvalue weighted by Crippen LogP contribution is -2.09. The van der Waals surface area contributed by atoms with Gasteiger partial charge >= 0.3 is 0 Å². The van der Waals surface area contributed by atoms with Crippen LogP contribution >= 0.6 is 27.3 Å². The molecule has 1 fully saturated rings. The van der Waals surface area contributed by atoms with E-state index < -0.39 is 0 Å². The van der Waals surface area contributed by atoms with Crippen LogP contribution in [-0.4, -0.2) is 23.0 Å². The van der Waals surface area contributed by atoms with Crippen LogP contribution in [-0.2, 0) is 0 Å². The fraction of sp³-hybridized carbons (Fsp3) is 0.235. The van der Waals surface area contributed by atoms with Crippen molar-refractivity contribution in [2.75, 3.05) is 13.1 Å². The van der Waals surface area contributed by atoms with E-state index in [1.54, 1.807) is 11.3 Å². The van der Waals surface area contributed by atoms with Crippen LogP contribution in [0.3, 0.4) is 0 Å². The molecule has 1 saturated heterocycles. The number of hydrogen-bond donors (Lipinski definition) is 0. The minimum atomic E-state index is 1.04. The van der Waals surface area contributed by atoms with Crippen LogP contribution in [0.5, 0.6) is 0 Å². The number of aromatic nitrogens is 1. The van der Waals surface area contributed by atoms with E-state index in [1.807, 2.05) is 12.1 Å². The highest BCUT2D eigenvalue weighted by Gasteiger charge is 2.05. The van der Waals surface area contributed by atoms with E-state index >= 15 is 0 Å². The van der Waals surface area contributed by atoms with E-state index in [1.165, 1.54) is 25.9 Å². The summed E-state index contributed by atoms with van der Waals surface area (Å²) >= 11 is 5.13. The molecule has 0 spiro atoms. The number of thiazole rings is 1. The zero-order valence-corrected chi connectivity index (χ0v) is 14.1. The number of likely N-dealkylation sites (tertiary alicyclic amines) is 1. The molecule has 0 aliphatic carbocycles. The van der Waals surface area contributed by atoms with Crippen molar-refractivity contribution >= 4 is 33.3 Å². The first kappa shape index (κ1) is 14.5. The third-order valence-electron chi connectivity index (χ3n) is 3.45. The Morgan fingerprint density at radius 3 is 2.62 bits per heavy atom. The average Bonchev–Trinajstić information content (AvgIpc) is 3.16. The van der Waals surface area contributed by atoms with Crippen molar-refractivity contribution in [3.05, 3.63) is 57.5 Å². The van der Waals surface area contributed by atoms with Gasteiger partial charge in [-0.1, -0.05) is 34.1 Å². The van der Waals surface area contributed by atoms with Crippen molar-refractivity contribution < 1.29 is 0 Å². The van der Waals surface area contributed by atoms with Crippen LogP contribution in [0, 0.1) is 0 Å². The van der Waals surface area contributed by atoms with Gasteiger partial charge in [0, 0.05) is 28.5 Å². The number of rotatable bonds is 4. The summed E-state index contributed by atoms with van der Waals surface area (Å²) in [6.45, 7) is 2.38. The standard InChI is InChI=1S/C17H17BrN2S/c18-15-8-6-14(7-9-15)16-13-21-17(19-16)5-1-2-10-20-11-3-4-12-20/h1-2,5-10,13H,3-4,11-12H2/b5-1+,10-2+. The Kier molecular flexibility index (Phi) is 4.88. The molecule has 108 valence electrons. The van der Waals surface area contributed by atoms with E-state index in [9.17, 15) is 0 Å². The van der Waals surface area contributed by atoms with Crippen LogP contribution in [0.15, 0.2) is 52.5 Å². The van der Waals surface area contributed by atoms with Crippen molar-refractivity contribution in [2.24, 2.45) is 0 Å². The van der Waals surface area contributed by atoms with Gasteiger partial charge in [-0.2, -0.15) is 0 Å². The van der Waals surface area contributed by atoms with Gasteiger partial charge in [-0.05, 0) is 43.3 Å². The zero-order chi connectivity index (χ0) is 14.5. The summed E-state index contributed by atoms with van der Waals surface area (Å²) in [5.41, 5.74) is 2.19. The van der Waals surface area contributed by atoms with E-state index in [0.717, 1.165) is 20.7 Å². The van der Waals surface area contributed by atoms with Crippen molar-refractivity contribution in [3.8, 4) is 11.3 Å². The Morgan fingerprint density at radius 1 is 1.10 bits per heavy atom. The lowest BCUT2D eigenvalue weighted by atomic mass is 10.2. The molecular formula is C17H17BrN2S. The predicted molar refractivity (Wildman–Crippen MR) is 94.2 cm³/mol. The summed E-state index contributed by atoms with van der Waals surface area (Å²) in [6, 6.07) is 8.26.